The number of hydrogen-bond acceptors (Lipinski definition) is 3. The van der Waals surface area contributed by atoms with Crippen LogP contribution in [0, 0.1) is 6.92 Å². The molecule has 0 radical (unpaired) electrons. The molecule has 4 nitrogen and oxygen atoms in total. The van der Waals surface area contributed by atoms with Crippen molar-refractivity contribution in [2.45, 2.75) is 13.5 Å². The van der Waals surface area contributed by atoms with Crippen molar-refractivity contribution < 1.29 is 14.3 Å². The van der Waals surface area contributed by atoms with E-state index >= 15 is 0 Å². The van der Waals surface area contributed by atoms with Crippen molar-refractivity contribution in [1.29, 1.82) is 0 Å². The SMILES string of the molecule is Cc1ccc(N(C)Cc2occc2C(=O)O)cc1. The van der Waals surface area contributed by atoms with Crippen LogP contribution in [0.4, 0.5) is 5.69 Å². The highest BCUT2D eigenvalue weighted by Gasteiger charge is 2.15. The van der Waals surface area contributed by atoms with E-state index in [1.54, 1.807) is 0 Å². The van der Waals surface area contributed by atoms with E-state index in [4.69, 9.17) is 9.52 Å². The smallest absolute Gasteiger partial charge is 0.339 e. The van der Waals surface area contributed by atoms with E-state index in [1.165, 1.54) is 17.9 Å². The minimum Gasteiger partial charge on any atom is -0.478 e. The first-order valence-corrected chi connectivity index (χ1v) is 5.65. The summed E-state index contributed by atoms with van der Waals surface area (Å²) < 4.78 is 5.22. The van der Waals surface area contributed by atoms with Gasteiger partial charge in [0.1, 0.15) is 11.3 Å². The normalized spacial score (nSPS) is 10.3. The standard InChI is InChI=1S/C14H15NO3/c1-10-3-5-11(6-4-10)15(2)9-13-12(14(16)17)7-8-18-13/h3-8H,9H2,1-2H3,(H,16,17). The summed E-state index contributed by atoms with van der Waals surface area (Å²) in [6, 6.07) is 9.51. The highest BCUT2D eigenvalue weighted by Crippen LogP contribution is 2.18. The van der Waals surface area contributed by atoms with Crippen LogP contribution in [0.15, 0.2) is 41.0 Å². The third-order valence-electron chi connectivity index (χ3n) is 2.83. The molecule has 1 aromatic carbocycles. The Morgan fingerprint density at radius 2 is 1.94 bits per heavy atom. The van der Waals surface area contributed by atoms with Crippen LogP contribution in [-0.2, 0) is 6.54 Å². The van der Waals surface area contributed by atoms with Gasteiger partial charge in [-0.05, 0) is 25.1 Å². The third kappa shape index (κ3) is 2.53. The molecule has 0 amide bonds. The Kier molecular flexibility index (Phi) is 3.37. The summed E-state index contributed by atoms with van der Waals surface area (Å²) in [5, 5.41) is 9.00. The first-order valence-electron chi connectivity index (χ1n) is 5.65. The predicted molar refractivity (Wildman–Crippen MR) is 69.0 cm³/mol. The lowest BCUT2D eigenvalue weighted by Gasteiger charge is -2.18. The van der Waals surface area contributed by atoms with E-state index in [9.17, 15) is 4.79 Å². The summed E-state index contributed by atoms with van der Waals surface area (Å²) in [6.45, 7) is 2.45. The molecule has 94 valence electrons. The summed E-state index contributed by atoms with van der Waals surface area (Å²) in [5.41, 5.74) is 2.43. The third-order valence-corrected chi connectivity index (χ3v) is 2.83. The summed E-state index contributed by atoms with van der Waals surface area (Å²) in [7, 11) is 1.90. The molecule has 0 aliphatic rings. The van der Waals surface area contributed by atoms with Gasteiger partial charge in [-0.2, -0.15) is 0 Å². The summed E-state index contributed by atoms with van der Waals surface area (Å²) in [5.74, 6) is -0.498. The molecular weight excluding hydrogens is 230 g/mol. The van der Waals surface area contributed by atoms with E-state index in [0.717, 1.165) is 5.69 Å². The molecule has 0 saturated heterocycles. The van der Waals surface area contributed by atoms with E-state index in [1.807, 2.05) is 43.1 Å². The van der Waals surface area contributed by atoms with Crippen molar-refractivity contribution in [3.05, 3.63) is 53.5 Å². The Bertz CT molecular complexity index is 542. The average molecular weight is 245 g/mol. The average Bonchev–Trinajstić information content (AvgIpc) is 2.78. The van der Waals surface area contributed by atoms with Crippen molar-refractivity contribution in [2.24, 2.45) is 0 Å². The van der Waals surface area contributed by atoms with Crippen LogP contribution < -0.4 is 4.90 Å². The number of furan rings is 1. The minimum atomic E-state index is -0.962. The molecule has 1 aromatic heterocycles. The number of benzene rings is 1. The van der Waals surface area contributed by atoms with Gasteiger partial charge < -0.3 is 14.4 Å². The largest absolute Gasteiger partial charge is 0.478 e. The maximum absolute atomic E-state index is 11.0. The van der Waals surface area contributed by atoms with Gasteiger partial charge >= 0.3 is 5.97 Å². The lowest BCUT2D eigenvalue weighted by molar-refractivity contribution is 0.0694. The van der Waals surface area contributed by atoms with Gasteiger partial charge in [-0.25, -0.2) is 4.79 Å². The molecule has 2 aromatic rings. The van der Waals surface area contributed by atoms with Crippen molar-refractivity contribution >= 4 is 11.7 Å². The van der Waals surface area contributed by atoms with Gasteiger partial charge in [0.15, 0.2) is 0 Å². The molecule has 1 N–H and O–H groups in total. The molecule has 0 unspecified atom stereocenters. The second-order valence-electron chi connectivity index (χ2n) is 4.25. The van der Waals surface area contributed by atoms with E-state index in [0.29, 0.717) is 12.3 Å². The van der Waals surface area contributed by atoms with Gasteiger partial charge in [-0.3, -0.25) is 0 Å². The number of aromatic carboxylic acids is 1. The van der Waals surface area contributed by atoms with Gasteiger partial charge in [0.05, 0.1) is 12.8 Å². The quantitative estimate of drug-likeness (QED) is 0.899. The zero-order valence-electron chi connectivity index (χ0n) is 10.4. The Labute approximate surface area is 105 Å². The zero-order valence-corrected chi connectivity index (χ0v) is 10.4. The Balaban J connectivity index is 2.16. The number of carbonyl (C=O) groups is 1. The predicted octanol–water partition coefficient (Wildman–Crippen LogP) is 2.92. The molecule has 0 aliphatic heterocycles. The van der Waals surface area contributed by atoms with E-state index in [2.05, 4.69) is 0 Å². The minimum absolute atomic E-state index is 0.217. The summed E-state index contributed by atoms with van der Waals surface area (Å²) >= 11 is 0. The second-order valence-corrected chi connectivity index (χ2v) is 4.25. The lowest BCUT2D eigenvalue weighted by Crippen LogP contribution is -2.17. The molecule has 2 rings (SSSR count). The first kappa shape index (κ1) is 12.2. The summed E-state index contributed by atoms with van der Waals surface area (Å²) in [4.78, 5) is 12.9. The molecule has 0 spiro atoms. The maximum Gasteiger partial charge on any atom is 0.339 e. The van der Waals surface area contributed by atoms with Gasteiger partial charge in [0, 0.05) is 12.7 Å². The number of carboxylic acids is 1. The Hall–Kier alpha value is -2.23. The maximum atomic E-state index is 11.0. The second kappa shape index (κ2) is 4.96. The van der Waals surface area contributed by atoms with Crippen LogP contribution in [0.2, 0.25) is 0 Å². The van der Waals surface area contributed by atoms with Crippen LogP contribution >= 0.6 is 0 Å². The van der Waals surface area contributed by atoms with E-state index in [-0.39, 0.29) is 5.56 Å². The van der Waals surface area contributed by atoms with Crippen LogP contribution in [0.1, 0.15) is 21.7 Å². The highest BCUT2D eigenvalue weighted by atomic mass is 16.4. The Morgan fingerprint density at radius 1 is 1.28 bits per heavy atom. The van der Waals surface area contributed by atoms with Gasteiger partial charge in [0.2, 0.25) is 0 Å². The van der Waals surface area contributed by atoms with E-state index < -0.39 is 5.97 Å². The molecule has 0 aliphatic carbocycles. The molecule has 0 atom stereocenters. The molecule has 4 heteroatoms. The zero-order chi connectivity index (χ0) is 13.1. The fourth-order valence-electron chi connectivity index (χ4n) is 1.76. The molecule has 0 saturated carbocycles. The van der Waals surface area contributed by atoms with Crippen LogP contribution in [0.3, 0.4) is 0 Å². The van der Waals surface area contributed by atoms with Crippen LogP contribution in [-0.4, -0.2) is 18.1 Å². The molecule has 1 heterocycles. The van der Waals surface area contributed by atoms with Crippen molar-refractivity contribution in [1.82, 2.24) is 0 Å². The van der Waals surface area contributed by atoms with Gasteiger partial charge in [0.25, 0.3) is 0 Å². The van der Waals surface area contributed by atoms with Gasteiger partial charge in [-0.1, -0.05) is 17.7 Å². The van der Waals surface area contributed by atoms with Crippen molar-refractivity contribution in [2.75, 3.05) is 11.9 Å². The lowest BCUT2D eigenvalue weighted by atomic mass is 10.2. The number of carboxylic acid groups (broad SMARTS) is 1. The number of anilines is 1. The molecule has 18 heavy (non-hydrogen) atoms. The fraction of sp³-hybridized carbons (Fsp3) is 0.214. The topological polar surface area (TPSA) is 53.7 Å². The molecule has 0 bridgehead atoms. The fourth-order valence-corrected chi connectivity index (χ4v) is 1.76. The van der Waals surface area contributed by atoms with Gasteiger partial charge in [-0.15, -0.1) is 0 Å². The monoisotopic (exact) mass is 245 g/mol. The van der Waals surface area contributed by atoms with Crippen molar-refractivity contribution in [3.8, 4) is 0 Å². The van der Waals surface area contributed by atoms with Crippen LogP contribution in [0.5, 0.6) is 0 Å². The highest BCUT2D eigenvalue weighted by molar-refractivity contribution is 5.88. The first-order chi connectivity index (χ1) is 8.58. The molecular formula is C14H15NO3. The van der Waals surface area contributed by atoms with Crippen LogP contribution in [0.25, 0.3) is 0 Å². The Morgan fingerprint density at radius 3 is 2.56 bits per heavy atom. The number of hydrogen-bond donors (Lipinski definition) is 1. The number of aryl methyl sites for hydroxylation is 1. The summed E-state index contributed by atoms with van der Waals surface area (Å²) in [6.07, 6.45) is 1.40. The van der Waals surface area contributed by atoms with Crippen molar-refractivity contribution in [3.63, 3.8) is 0 Å². The number of rotatable bonds is 4. The molecule has 0 fully saturated rings. The number of nitrogens with zero attached hydrogens (tertiary/aromatic N) is 1.